The predicted octanol–water partition coefficient (Wildman–Crippen LogP) is 4.24. The molecule has 2 aromatic carbocycles. The fraction of sp³-hybridized carbons (Fsp3) is 0.333. The summed E-state index contributed by atoms with van der Waals surface area (Å²) in [7, 11) is 3.37. The maximum absolute atomic E-state index is 5.53. The van der Waals surface area contributed by atoms with E-state index in [9.17, 15) is 0 Å². The number of nitrogens with one attached hydrogen (secondary N) is 1. The van der Waals surface area contributed by atoms with Crippen molar-refractivity contribution in [2.45, 2.75) is 27.3 Å². The second-order valence-corrected chi connectivity index (χ2v) is 5.32. The van der Waals surface area contributed by atoms with Gasteiger partial charge in [-0.2, -0.15) is 0 Å². The Balaban J connectivity index is 2.21. The van der Waals surface area contributed by atoms with Crippen LogP contribution in [0.1, 0.15) is 22.3 Å². The summed E-state index contributed by atoms with van der Waals surface area (Å²) in [5.41, 5.74) is 5.79. The lowest BCUT2D eigenvalue weighted by atomic mass is 10.1. The number of benzene rings is 2. The quantitative estimate of drug-likeness (QED) is 0.891. The summed E-state index contributed by atoms with van der Waals surface area (Å²) in [6.45, 7) is 6.95. The van der Waals surface area contributed by atoms with E-state index in [1.54, 1.807) is 14.2 Å². The Bertz CT molecular complexity index is 615. The molecule has 1 N–H and O–H groups in total. The van der Waals surface area contributed by atoms with Gasteiger partial charge in [0.15, 0.2) is 0 Å². The van der Waals surface area contributed by atoms with Crippen LogP contribution in [-0.2, 0) is 6.54 Å². The van der Waals surface area contributed by atoms with Gasteiger partial charge in [-0.3, -0.25) is 0 Å². The molecule has 2 aromatic rings. The van der Waals surface area contributed by atoms with Gasteiger partial charge < -0.3 is 14.8 Å². The standard InChI is InChI=1S/C18H23NO2/c1-12-8-13(2)10-16(9-12)19-11-15-6-7-17(20-4)14(3)18(15)21-5/h6-10,19H,11H2,1-5H3. The molecule has 0 saturated carbocycles. The van der Waals surface area contributed by atoms with Crippen LogP contribution < -0.4 is 14.8 Å². The van der Waals surface area contributed by atoms with Gasteiger partial charge in [0, 0.05) is 23.4 Å². The molecule has 2 rings (SSSR count). The van der Waals surface area contributed by atoms with Gasteiger partial charge in [-0.1, -0.05) is 6.07 Å². The van der Waals surface area contributed by atoms with E-state index in [0.717, 1.165) is 34.9 Å². The smallest absolute Gasteiger partial charge is 0.130 e. The topological polar surface area (TPSA) is 30.5 Å². The first-order valence-electron chi connectivity index (χ1n) is 7.07. The maximum atomic E-state index is 5.53. The zero-order valence-electron chi connectivity index (χ0n) is 13.4. The normalized spacial score (nSPS) is 10.3. The predicted molar refractivity (Wildman–Crippen MR) is 87.5 cm³/mol. The zero-order chi connectivity index (χ0) is 15.4. The summed E-state index contributed by atoms with van der Waals surface area (Å²) in [6.07, 6.45) is 0. The molecule has 0 aliphatic carbocycles. The van der Waals surface area contributed by atoms with E-state index in [0.29, 0.717) is 0 Å². The van der Waals surface area contributed by atoms with Crippen molar-refractivity contribution in [3.05, 3.63) is 52.6 Å². The van der Waals surface area contributed by atoms with Crippen LogP contribution >= 0.6 is 0 Å². The summed E-state index contributed by atoms with van der Waals surface area (Å²) in [5, 5.41) is 3.46. The number of ether oxygens (including phenoxy) is 2. The average molecular weight is 285 g/mol. The highest BCUT2D eigenvalue weighted by molar-refractivity contribution is 5.53. The van der Waals surface area contributed by atoms with Crippen LogP contribution in [0.4, 0.5) is 5.69 Å². The summed E-state index contributed by atoms with van der Waals surface area (Å²) >= 11 is 0. The van der Waals surface area contributed by atoms with E-state index in [1.807, 2.05) is 19.1 Å². The van der Waals surface area contributed by atoms with Crippen LogP contribution in [0, 0.1) is 20.8 Å². The molecule has 0 saturated heterocycles. The van der Waals surface area contributed by atoms with Gasteiger partial charge >= 0.3 is 0 Å². The van der Waals surface area contributed by atoms with Crippen molar-refractivity contribution >= 4 is 5.69 Å². The van der Waals surface area contributed by atoms with E-state index < -0.39 is 0 Å². The minimum absolute atomic E-state index is 0.719. The number of methoxy groups -OCH3 is 2. The third-order valence-corrected chi connectivity index (χ3v) is 3.57. The molecular formula is C18H23NO2. The SMILES string of the molecule is COc1ccc(CNc2cc(C)cc(C)c2)c(OC)c1C. The molecule has 0 radical (unpaired) electrons. The molecule has 0 amide bonds. The molecule has 0 aliphatic rings. The number of rotatable bonds is 5. The molecule has 21 heavy (non-hydrogen) atoms. The number of hydrogen-bond donors (Lipinski definition) is 1. The highest BCUT2D eigenvalue weighted by Gasteiger charge is 2.11. The second kappa shape index (κ2) is 6.53. The number of aryl methyl sites for hydroxylation is 2. The lowest BCUT2D eigenvalue weighted by Crippen LogP contribution is -2.04. The van der Waals surface area contributed by atoms with Crippen LogP contribution in [0.3, 0.4) is 0 Å². The van der Waals surface area contributed by atoms with Crippen molar-refractivity contribution in [3.8, 4) is 11.5 Å². The summed E-state index contributed by atoms with van der Waals surface area (Å²) in [6, 6.07) is 10.5. The van der Waals surface area contributed by atoms with Crippen molar-refractivity contribution in [2.24, 2.45) is 0 Å². The summed E-state index contributed by atoms with van der Waals surface area (Å²) < 4.78 is 10.9. The van der Waals surface area contributed by atoms with Gasteiger partial charge in [0.25, 0.3) is 0 Å². The fourth-order valence-electron chi connectivity index (χ4n) is 2.65. The van der Waals surface area contributed by atoms with Gasteiger partial charge in [-0.25, -0.2) is 0 Å². The lowest BCUT2D eigenvalue weighted by molar-refractivity contribution is 0.386. The second-order valence-electron chi connectivity index (χ2n) is 5.32. The van der Waals surface area contributed by atoms with Crippen LogP contribution in [0.2, 0.25) is 0 Å². The first-order chi connectivity index (χ1) is 10.0. The van der Waals surface area contributed by atoms with Gasteiger partial charge in [0.1, 0.15) is 11.5 Å². The molecule has 0 unspecified atom stereocenters. The van der Waals surface area contributed by atoms with E-state index in [4.69, 9.17) is 9.47 Å². The lowest BCUT2D eigenvalue weighted by Gasteiger charge is -2.16. The minimum atomic E-state index is 0.719. The first kappa shape index (κ1) is 15.2. The Labute approximate surface area is 126 Å². The number of hydrogen-bond acceptors (Lipinski definition) is 3. The van der Waals surface area contributed by atoms with E-state index >= 15 is 0 Å². The molecule has 0 spiro atoms. The van der Waals surface area contributed by atoms with Crippen molar-refractivity contribution in [2.75, 3.05) is 19.5 Å². The Kier molecular flexibility index (Phi) is 4.73. The molecule has 0 bridgehead atoms. The summed E-state index contributed by atoms with van der Waals surface area (Å²) in [4.78, 5) is 0. The molecule has 3 heteroatoms. The third kappa shape index (κ3) is 3.48. The van der Waals surface area contributed by atoms with Crippen LogP contribution in [0.15, 0.2) is 30.3 Å². The van der Waals surface area contributed by atoms with Gasteiger partial charge in [-0.05, 0) is 56.2 Å². The van der Waals surface area contributed by atoms with Gasteiger partial charge in [0.2, 0.25) is 0 Å². The highest BCUT2D eigenvalue weighted by Crippen LogP contribution is 2.31. The van der Waals surface area contributed by atoms with Crippen LogP contribution in [0.25, 0.3) is 0 Å². The monoisotopic (exact) mass is 285 g/mol. The Morgan fingerprint density at radius 2 is 1.57 bits per heavy atom. The first-order valence-corrected chi connectivity index (χ1v) is 7.07. The molecule has 0 aliphatic heterocycles. The van der Waals surface area contributed by atoms with Crippen LogP contribution in [0.5, 0.6) is 11.5 Å². The molecule has 0 heterocycles. The molecule has 112 valence electrons. The van der Waals surface area contributed by atoms with Crippen molar-refractivity contribution in [1.29, 1.82) is 0 Å². The average Bonchev–Trinajstić information content (AvgIpc) is 2.44. The highest BCUT2D eigenvalue weighted by atomic mass is 16.5. The third-order valence-electron chi connectivity index (χ3n) is 3.57. The Hall–Kier alpha value is -2.16. The molecule has 0 atom stereocenters. The van der Waals surface area contributed by atoms with Crippen molar-refractivity contribution in [3.63, 3.8) is 0 Å². The maximum Gasteiger partial charge on any atom is 0.130 e. The van der Waals surface area contributed by atoms with Crippen molar-refractivity contribution in [1.82, 2.24) is 0 Å². The molecular weight excluding hydrogens is 262 g/mol. The number of anilines is 1. The van der Waals surface area contributed by atoms with E-state index in [1.165, 1.54) is 11.1 Å². The van der Waals surface area contributed by atoms with E-state index in [2.05, 4.69) is 37.4 Å². The summed E-state index contributed by atoms with van der Waals surface area (Å²) in [5.74, 6) is 1.73. The van der Waals surface area contributed by atoms with Crippen LogP contribution in [-0.4, -0.2) is 14.2 Å². The van der Waals surface area contributed by atoms with Gasteiger partial charge in [-0.15, -0.1) is 0 Å². The Morgan fingerprint density at radius 1 is 0.905 bits per heavy atom. The molecule has 0 aromatic heterocycles. The van der Waals surface area contributed by atoms with Crippen molar-refractivity contribution < 1.29 is 9.47 Å². The zero-order valence-corrected chi connectivity index (χ0v) is 13.4. The molecule has 3 nitrogen and oxygen atoms in total. The Morgan fingerprint density at radius 3 is 2.14 bits per heavy atom. The fourth-order valence-corrected chi connectivity index (χ4v) is 2.65. The minimum Gasteiger partial charge on any atom is -0.496 e. The largest absolute Gasteiger partial charge is 0.496 e. The van der Waals surface area contributed by atoms with Gasteiger partial charge in [0.05, 0.1) is 14.2 Å². The van der Waals surface area contributed by atoms with E-state index in [-0.39, 0.29) is 0 Å². The molecule has 0 fully saturated rings.